The molecule has 5 nitrogen and oxygen atoms in total. The smallest absolute Gasteiger partial charge is 0.181 e. The van der Waals surface area contributed by atoms with Crippen LogP contribution >= 0.6 is 11.6 Å². The van der Waals surface area contributed by atoms with Gasteiger partial charge in [-0.1, -0.05) is 11.6 Å². The number of hydrogen-bond acceptors (Lipinski definition) is 4. The summed E-state index contributed by atoms with van der Waals surface area (Å²) in [5.74, 6) is 2.39. The van der Waals surface area contributed by atoms with Crippen molar-refractivity contribution in [1.29, 1.82) is 0 Å². The molecule has 0 spiro atoms. The summed E-state index contributed by atoms with van der Waals surface area (Å²) in [6.07, 6.45) is 4.59. The standard InChI is InChI=1S/C18H25ClN4O/c1-22-10-2-3-14(13-22)4-9-17-20-18(21-23(17)11-12-24)15-5-7-16(19)8-6-15/h5-8,14,24H,2-4,9-13H2,1H3/t14-/m1/s1. The summed E-state index contributed by atoms with van der Waals surface area (Å²) < 4.78 is 1.84. The molecule has 0 aliphatic carbocycles. The maximum atomic E-state index is 9.30. The molecule has 3 rings (SSSR count). The lowest BCUT2D eigenvalue weighted by Gasteiger charge is -2.29. The van der Waals surface area contributed by atoms with Gasteiger partial charge in [-0.2, -0.15) is 5.10 Å². The first kappa shape index (κ1) is 17.4. The third-order valence-electron chi connectivity index (χ3n) is 4.66. The quantitative estimate of drug-likeness (QED) is 0.872. The van der Waals surface area contributed by atoms with Gasteiger partial charge in [-0.05, 0) is 63.0 Å². The highest BCUT2D eigenvalue weighted by atomic mass is 35.5. The molecule has 24 heavy (non-hydrogen) atoms. The maximum Gasteiger partial charge on any atom is 0.181 e. The second-order valence-corrected chi connectivity index (χ2v) is 7.05. The van der Waals surface area contributed by atoms with Gasteiger partial charge in [0.05, 0.1) is 13.2 Å². The Kier molecular flexibility index (Phi) is 5.87. The number of halogens is 1. The number of aliphatic hydroxyl groups excluding tert-OH is 1. The van der Waals surface area contributed by atoms with Gasteiger partial charge < -0.3 is 10.0 Å². The summed E-state index contributed by atoms with van der Waals surface area (Å²) in [5, 5.41) is 14.6. The average Bonchev–Trinajstić information content (AvgIpc) is 2.97. The second kappa shape index (κ2) is 8.10. The molecule has 1 aromatic carbocycles. The Balaban J connectivity index is 1.72. The van der Waals surface area contributed by atoms with E-state index in [9.17, 15) is 5.11 Å². The Morgan fingerprint density at radius 3 is 2.79 bits per heavy atom. The predicted molar refractivity (Wildman–Crippen MR) is 96.1 cm³/mol. The van der Waals surface area contributed by atoms with E-state index in [0.29, 0.717) is 17.4 Å². The Labute approximate surface area is 148 Å². The molecule has 6 heteroatoms. The van der Waals surface area contributed by atoms with E-state index in [1.54, 1.807) is 0 Å². The molecule has 0 saturated carbocycles. The molecule has 2 aromatic rings. The van der Waals surface area contributed by atoms with Gasteiger partial charge >= 0.3 is 0 Å². The SMILES string of the molecule is CN1CCC[C@H](CCc2nc(-c3ccc(Cl)cc3)nn2CCO)C1. The van der Waals surface area contributed by atoms with Gasteiger partial charge in [0.1, 0.15) is 5.82 Å². The van der Waals surface area contributed by atoms with E-state index in [-0.39, 0.29) is 6.61 Å². The van der Waals surface area contributed by atoms with Gasteiger partial charge in [0.15, 0.2) is 5.82 Å². The van der Waals surface area contributed by atoms with E-state index >= 15 is 0 Å². The van der Waals surface area contributed by atoms with E-state index in [2.05, 4.69) is 17.0 Å². The third kappa shape index (κ3) is 4.35. The topological polar surface area (TPSA) is 54.2 Å². The van der Waals surface area contributed by atoms with Crippen molar-refractivity contribution < 1.29 is 5.11 Å². The van der Waals surface area contributed by atoms with E-state index in [1.165, 1.54) is 19.4 Å². The number of aliphatic hydroxyl groups is 1. The second-order valence-electron chi connectivity index (χ2n) is 6.61. The van der Waals surface area contributed by atoms with Gasteiger partial charge in [0.2, 0.25) is 0 Å². The fourth-order valence-corrected chi connectivity index (χ4v) is 3.52. The summed E-state index contributed by atoms with van der Waals surface area (Å²) in [4.78, 5) is 7.12. The minimum Gasteiger partial charge on any atom is -0.394 e. The fourth-order valence-electron chi connectivity index (χ4n) is 3.40. The first-order valence-corrected chi connectivity index (χ1v) is 9.02. The van der Waals surface area contributed by atoms with Crippen molar-refractivity contribution in [2.75, 3.05) is 26.7 Å². The van der Waals surface area contributed by atoms with Crippen molar-refractivity contribution in [2.45, 2.75) is 32.2 Å². The van der Waals surface area contributed by atoms with Crippen LogP contribution in [0.25, 0.3) is 11.4 Å². The average molecular weight is 349 g/mol. The summed E-state index contributed by atoms with van der Waals surface area (Å²) in [7, 11) is 2.19. The molecule has 1 N–H and O–H groups in total. The number of hydrogen-bond donors (Lipinski definition) is 1. The van der Waals surface area contributed by atoms with Crippen molar-refractivity contribution in [3.8, 4) is 11.4 Å². The minimum absolute atomic E-state index is 0.0720. The zero-order chi connectivity index (χ0) is 16.9. The van der Waals surface area contributed by atoms with Crippen molar-refractivity contribution >= 4 is 11.6 Å². The molecule has 0 unspecified atom stereocenters. The molecule has 1 aromatic heterocycles. The van der Waals surface area contributed by atoms with Gasteiger partial charge in [0.25, 0.3) is 0 Å². The van der Waals surface area contributed by atoms with Crippen molar-refractivity contribution in [2.24, 2.45) is 5.92 Å². The Hall–Kier alpha value is -1.43. The lowest BCUT2D eigenvalue weighted by atomic mass is 9.93. The largest absolute Gasteiger partial charge is 0.394 e. The van der Waals surface area contributed by atoms with Crippen LogP contribution in [0.15, 0.2) is 24.3 Å². The van der Waals surface area contributed by atoms with E-state index in [1.807, 2.05) is 28.9 Å². The van der Waals surface area contributed by atoms with Crippen LogP contribution < -0.4 is 0 Å². The monoisotopic (exact) mass is 348 g/mol. The molecular formula is C18H25ClN4O. The summed E-state index contributed by atoms with van der Waals surface area (Å²) in [6, 6.07) is 7.56. The summed E-state index contributed by atoms with van der Waals surface area (Å²) in [6.45, 7) is 2.93. The Bertz CT molecular complexity index is 656. The zero-order valence-corrected chi connectivity index (χ0v) is 14.9. The summed E-state index contributed by atoms with van der Waals surface area (Å²) in [5.41, 5.74) is 0.953. The molecule has 1 fully saturated rings. The van der Waals surface area contributed by atoms with Crippen LogP contribution in [0.5, 0.6) is 0 Å². The van der Waals surface area contributed by atoms with Gasteiger partial charge in [0, 0.05) is 23.6 Å². The molecule has 1 atom stereocenters. The molecule has 2 heterocycles. The number of nitrogens with zero attached hydrogens (tertiary/aromatic N) is 4. The van der Waals surface area contributed by atoms with Crippen LogP contribution in [0, 0.1) is 5.92 Å². The van der Waals surface area contributed by atoms with E-state index in [4.69, 9.17) is 16.6 Å². The fraction of sp³-hybridized carbons (Fsp3) is 0.556. The molecule has 1 aliphatic rings. The molecular weight excluding hydrogens is 324 g/mol. The maximum absolute atomic E-state index is 9.30. The molecule has 1 aliphatic heterocycles. The highest BCUT2D eigenvalue weighted by Gasteiger charge is 2.19. The van der Waals surface area contributed by atoms with Crippen LogP contribution in [-0.2, 0) is 13.0 Å². The van der Waals surface area contributed by atoms with E-state index in [0.717, 1.165) is 36.7 Å². The van der Waals surface area contributed by atoms with Gasteiger partial charge in [-0.25, -0.2) is 9.67 Å². The molecule has 0 bridgehead atoms. The predicted octanol–water partition coefficient (Wildman–Crippen LogP) is 2.87. The number of aryl methyl sites for hydroxylation is 1. The zero-order valence-electron chi connectivity index (χ0n) is 14.2. The minimum atomic E-state index is 0.0720. The highest BCUT2D eigenvalue weighted by molar-refractivity contribution is 6.30. The van der Waals surface area contributed by atoms with Gasteiger partial charge in [-0.3, -0.25) is 0 Å². The van der Waals surface area contributed by atoms with Crippen molar-refractivity contribution in [3.63, 3.8) is 0 Å². The van der Waals surface area contributed by atoms with Crippen LogP contribution in [0.1, 0.15) is 25.1 Å². The number of piperidine rings is 1. The normalized spacial score (nSPS) is 18.9. The van der Waals surface area contributed by atoms with Crippen molar-refractivity contribution in [3.05, 3.63) is 35.1 Å². The third-order valence-corrected chi connectivity index (χ3v) is 4.91. The first-order chi connectivity index (χ1) is 11.7. The van der Waals surface area contributed by atoms with Crippen LogP contribution in [0.4, 0.5) is 0 Å². The molecule has 130 valence electrons. The summed E-state index contributed by atoms with van der Waals surface area (Å²) >= 11 is 5.95. The molecule has 0 radical (unpaired) electrons. The first-order valence-electron chi connectivity index (χ1n) is 8.65. The highest BCUT2D eigenvalue weighted by Crippen LogP contribution is 2.22. The Morgan fingerprint density at radius 1 is 1.29 bits per heavy atom. The lowest BCUT2D eigenvalue weighted by Crippen LogP contribution is -2.32. The van der Waals surface area contributed by atoms with Crippen LogP contribution in [0.2, 0.25) is 5.02 Å². The Morgan fingerprint density at radius 2 is 2.08 bits per heavy atom. The number of likely N-dealkylation sites (tertiary alicyclic amines) is 1. The number of rotatable bonds is 6. The molecule has 1 saturated heterocycles. The number of aromatic nitrogens is 3. The van der Waals surface area contributed by atoms with Crippen molar-refractivity contribution in [1.82, 2.24) is 19.7 Å². The van der Waals surface area contributed by atoms with E-state index < -0.39 is 0 Å². The van der Waals surface area contributed by atoms with Gasteiger partial charge in [-0.15, -0.1) is 0 Å². The van der Waals surface area contributed by atoms with Crippen LogP contribution in [-0.4, -0.2) is 51.5 Å². The molecule has 0 amide bonds. The lowest BCUT2D eigenvalue weighted by molar-refractivity contribution is 0.201. The van der Waals surface area contributed by atoms with Crippen LogP contribution in [0.3, 0.4) is 0 Å². The number of benzene rings is 1.